The summed E-state index contributed by atoms with van der Waals surface area (Å²) in [6.07, 6.45) is 3.22. The Labute approximate surface area is 208 Å². The average Bonchev–Trinajstić information content (AvgIpc) is 3.13. The average molecular weight is 480 g/mol. The lowest BCUT2D eigenvalue weighted by Crippen LogP contribution is -2.30. The molecule has 36 heavy (non-hydrogen) atoms. The maximum Gasteiger partial charge on any atom is 0.255 e. The molecular weight excluding hydrogens is 454 g/mol. The SMILES string of the molecule is CC1=CC[C@H]2C(=O)N(c3ccc(C(=O)Nc4cccc(C(=O)Nc5ccccc5)c4)cc3)C(=O)[C@@H]2C1. The van der Waals surface area contributed by atoms with Gasteiger partial charge in [0, 0.05) is 22.5 Å². The van der Waals surface area contributed by atoms with Crippen molar-refractivity contribution in [2.24, 2.45) is 11.8 Å². The van der Waals surface area contributed by atoms with Gasteiger partial charge in [0.25, 0.3) is 11.8 Å². The lowest BCUT2D eigenvalue weighted by molar-refractivity contribution is -0.122. The van der Waals surface area contributed by atoms with Crippen LogP contribution in [0.3, 0.4) is 0 Å². The van der Waals surface area contributed by atoms with Crippen molar-refractivity contribution in [3.05, 3.63) is 102 Å². The van der Waals surface area contributed by atoms with E-state index in [0.29, 0.717) is 41.0 Å². The maximum atomic E-state index is 12.9. The van der Waals surface area contributed by atoms with Gasteiger partial charge in [-0.05, 0) is 74.4 Å². The van der Waals surface area contributed by atoms with Crippen LogP contribution in [0.1, 0.15) is 40.5 Å². The Balaban J connectivity index is 1.26. The molecule has 2 atom stereocenters. The summed E-state index contributed by atoms with van der Waals surface area (Å²) in [6, 6.07) is 22.2. The molecule has 3 aromatic carbocycles. The van der Waals surface area contributed by atoms with Crippen LogP contribution in [0, 0.1) is 11.8 Å². The van der Waals surface area contributed by atoms with Gasteiger partial charge in [-0.25, -0.2) is 0 Å². The number of benzene rings is 3. The zero-order chi connectivity index (χ0) is 25.2. The van der Waals surface area contributed by atoms with Crippen molar-refractivity contribution in [1.82, 2.24) is 0 Å². The quantitative estimate of drug-likeness (QED) is 0.396. The van der Waals surface area contributed by atoms with Crippen molar-refractivity contribution in [1.29, 1.82) is 0 Å². The number of anilines is 3. The number of allylic oxidation sites excluding steroid dienone is 2. The van der Waals surface area contributed by atoms with Gasteiger partial charge in [0.1, 0.15) is 0 Å². The zero-order valence-electron chi connectivity index (χ0n) is 19.7. The second-order valence-electron chi connectivity index (χ2n) is 9.12. The standard InChI is InChI=1S/C29H25N3O4/c1-18-10-15-24-25(16-18)29(36)32(28(24)35)23-13-11-19(12-14-23)26(33)31-22-9-5-6-20(17-22)27(34)30-21-7-3-2-4-8-21/h2-14,17,24-25H,15-16H2,1H3,(H,30,34)(H,31,33)/t24-,25-/m1/s1. The van der Waals surface area contributed by atoms with Gasteiger partial charge in [0.15, 0.2) is 0 Å². The normalized spacial score (nSPS) is 18.9. The fourth-order valence-electron chi connectivity index (χ4n) is 4.72. The molecule has 2 aliphatic rings. The molecule has 0 unspecified atom stereocenters. The van der Waals surface area contributed by atoms with Gasteiger partial charge in [0.2, 0.25) is 11.8 Å². The van der Waals surface area contributed by atoms with Crippen LogP contribution >= 0.6 is 0 Å². The highest BCUT2D eigenvalue weighted by atomic mass is 16.2. The van der Waals surface area contributed by atoms with Crippen LogP contribution in [-0.2, 0) is 9.59 Å². The van der Waals surface area contributed by atoms with Crippen molar-refractivity contribution < 1.29 is 19.2 Å². The second kappa shape index (κ2) is 9.62. The van der Waals surface area contributed by atoms with Crippen molar-refractivity contribution in [3.63, 3.8) is 0 Å². The molecule has 1 aliphatic carbocycles. The first-order valence-electron chi connectivity index (χ1n) is 11.8. The molecule has 0 aromatic heterocycles. The third kappa shape index (κ3) is 4.55. The lowest BCUT2D eigenvalue weighted by Gasteiger charge is -2.18. The summed E-state index contributed by atoms with van der Waals surface area (Å²) in [5.74, 6) is -1.63. The van der Waals surface area contributed by atoms with E-state index in [1.165, 1.54) is 4.90 Å². The molecule has 0 radical (unpaired) electrons. The van der Waals surface area contributed by atoms with Crippen LogP contribution in [0.5, 0.6) is 0 Å². The van der Waals surface area contributed by atoms with E-state index in [1.807, 2.05) is 31.2 Å². The summed E-state index contributed by atoms with van der Waals surface area (Å²) >= 11 is 0. The summed E-state index contributed by atoms with van der Waals surface area (Å²) in [5.41, 5.74) is 3.52. The third-order valence-corrected chi connectivity index (χ3v) is 6.62. The minimum atomic E-state index is -0.366. The van der Waals surface area contributed by atoms with Crippen molar-refractivity contribution in [2.45, 2.75) is 19.8 Å². The number of para-hydroxylation sites is 1. The van der Waals surface area contributed by atoms with E-state index in [0.717, 1.165) is 5.57 Å². The number of fused-ring (bicyclic) bond motifs is 1. The van der Waals surface area contributed by atoms with E-state index < -0.39 is 0 Å². The molecule has 0 saturated carbocycles. The van der Waals surface area contributed by atoms with Crippen LogP contribution in [-0.4, -0.2) is 23.6 Å². The number of carbonyl (C=O) groups excluding carboxylic acids is 4. The van der Waals surface area contributed by atoms with Crippen LogP contribution in [0.2, 0.25) is 0 Å². The molecule has 0 bridgehead atoms. The minimum absolute atomic E-state index is 0.180. The number of amides is 4. The number of hydrogen-bond donors (Lipinski definition) is 2. The van der Waals surface area contributed by atoms with Crippen LogP contribution in [0.25, 0.3) is 0 Å². The third-order valence-electron chi connectivity index (χ3n) is 6.62. The van der Waals surface area contributed by atoms with Gasteiger partial charge in [-0.15, -0.1) is 0 Å². The highest BCUT2D eigenvalue weighted by molar-refractivity contribution is 6.22. The fraction of sp³-hybridized carbons (Fsp3) is 0.172. The molecule has 1 fully saturated rings. The molecule has 1 heterocycles. The summed E-state index contributed by atoms with van der Waals surface area (Å²) in [7, 11) is 0. The number of carbonyl (C=O) groups is 4. The molecule has 2 N–H and O–H groups in total. The van der Waals surface area contributed by atoms with E-state index >= 15 is 0 Å². The number of nitrogens with zero attached hydrogens (tertiary/aromatic N) is 1. The van der Waals surface area contributed by atoms with Gasteiger partial charge < -0.3 is 10.6 Å². The van der Waals surface area contributed by atoms with E-state index in [1.54, 1.807) is 60.7 Å². The minimum Gasteiger partial charge on any atom is -0.322 e. The Morgan fingerprint density at radius 3 is 2.14 bits per heavy atom. The molecule has 4 amide bonds. The summed E-state index contributed by atoms with van der Waals surface area (Å²) in [6.45, 7) is 1.98. The topological polar surface area (TPSA) is 95.6 Å². The highest BCUT2D eigenvalue weighted by Crippen LogP contribution is 2.39. The predicted molar refractivity (Wildman–Crippen MR) is 138 cm³/mol. The molecule has 1 aliphatic heterocycles. The van der Waals surface area contributed by atoms with Gasteiger partial charge in [-0.2, -0.15) is 0 Å². The first kappa shape index (κ1) is 23.2. The number of nitrogens with one attached hydrogen (secondary N) is 2. The summed E-state index contributed by atoms with van der Waals surface area (Å²) in [5, 5.41) is 5.61. The predicted octanol–water partition coefficient (Wildman–Crippen LogP) is 5.04. The molecule has 5 rings (SSSR count). The molecule has 3 aromatic rings. The molecular formula is C29H25N3O4. The number of imide groups is 1. The van der Waals surface area contributed by atoms with Crippen molar-refractivity contribution in [2.75, 3.05) is 15.5 Å². The van der Waals surface area contributed by atoms with Crippen molar-refractivity contribution >= 4 is 40.7 Å². The van der Waals surface area contributed by atoms with E-state index in [9.17, 15) is 19.2 Å². The van der Waals surface area contributed by atoms with E-state index in [-0.39, 0.29) is 35.5 Å². The zero-order valence-corrected chi connectivity index (χ0v) is 19.7. The first-order valence-corrected chi connectivity index (χ1v) is 11.8. The second-order valence-corrected chi connectivity index (χ2v) is 9.12. The molecule has 7 nitrogen and oxygen atoms in total. The summed E-state index contributed by atoms with van der Waals surface area (Å²) < 4.78 is 0. The van der Waals surface area contributed by atoms with Crippen LogP contribution in [0.15, 0.2) is 90.5 Å². The van der Waals surface area contributed by atoms with Crippen LogP contribution in [0.4, 0.5) is 17.1 Å². The lowest BCUT2D eigenvalue weighted by atomic mass is 9.82. The van der Waals surface area contributed by atoms with Gasteiger partial charge in [-0.1, -0.05) is 35.9 Å². The Hall–Kier alpha value is -4.52. The summed E-state index contributed by atoms with van der Waals surface area (Å²) in [4.78, 5) is 52.4. The molecule has 1 saturated heterocycles. The Kier molecular flexibility index (Phi) is 6.21. The van der Waals surface area contributed by atoms with Crippen molar-refractivity contribution in [3.8, 4) is 0 Å². The first-order chi connectivity index (χ1) is 17.4. The van der Waals surface area contributed by atoms with Gasteiger partial charge in [-0.3, -0.25) is 24.1 Å². The monoisotopic (exact) mass is 479 g/mol. The Morgan fingerprint density at radius 1 is 0.750 bits per heavy atom. The maximum absolute atomic E-state index is 12.9. The van der Waals surface area contributed by atoms with E-state index in [2.05, 4.69) is 10.6 Å². The Bertz CT molecular complexity index is 1380. The Morgan fingerprint density at radius 2 is 1.39 bits per heavy atom. The number of hydrogen-bond acceptors (Lipinski definition) is 4. The highest BCUT2D eigenvalue weighted by Gasteiger charge is 2.48. The van der Waals surface area contributed by atoms with Crippen LogP contribution < -0.4 is 15.5 Å². The van der Waals surface area contributed by atoms with E-state index in [4.69, 9.17) is 0 Å². The fourth-order valence-corrected chi connectivity index (χ4v) is 4.72. The number of rotatable bonds is 5. The van der Waals surface area contributed by atoms with Gasteiger partial charge >= 0.3 is 0 Å². The largest absolute Gasteiger partial charge is 0.322 e. The molecule has 0 spiro atoms. The molecule has 180 valence electrons. The molecule has 7 heteroatoms. The smallest absolute Gasteiger partial charge is 0.255 e. The van der Waals surface area contributed by atoms with Gasteiger partial charge in [0.05, 0.1) is 17.5 Å².